The summed E-state index contributed by atoms with van der Waals surface area (Å²) in [5.41, 5.74) is 0. The summed E-state index contributed by atoms with van der Waals surface area (Å²) in [7, 11) is 1.79. The average molecular weight is 213 g/mol. The van der Waals surface area contributed by atoms with Gasteiger partial charge < -0.3 is 10.4 Å². The van der Waals surface area contributed by atoms with E-state index in [4.69, 9.17) is 5.11 Å². The van der Waals surface area contributed by atoms with Gasteiger partial charge >= 0.3 is 0 Å². The minimum absolute atomic E-state index is 0.239. The fourth-order valence-electron chi connectivity index (χ4n) is 1.55. The van der Waals surface area contributed by atoms with Gasteiger partial charge in [-0.05, 0) is 29.2 Å². The number of aromatic nitrogens is 4. The highest BCUT2D eigenvalue weighted by Gasteiger charge is 2.08. The van der Waals surface area contributed by atoms with Crippen molar-refractivity contribution in [1.82, 2.24) is 20.2 Å². The molecule has 1 atom stereocenters. The van der Waals surface area contributed by atoms with E-state index in [1.807, 2.05) is 0 Å². The molecule has 0 saturated heterocycles. The molecular formula is C9H19N5O. The summed E-state index contributed by atoms with van der Waals surface area (Å²) in [5.74, 6) is 1.16. The fraction of sp³-hybridized carbons (Fsp3) is 0.889. The molecule has 1 aromatic heterocycles. The summed E-state index contributed by atoms with van der Waals surface area (Å²) in [6.07, 6.45) is 3.06. The van der Waals surface area contributed by atoms with Crippen LogP contribution in [0.2, 0.25) is 0 Å². The van der Waals surface area contributed by atoms with Crippen LogP contribution in [-0.4, -0.2) is 38.5 Å². The molecule has 0 saturated carbocycles. The Kier molecular flexibility index (Phi) is 5.03. The molecule has 0 aliphatic heterocycles. The molecule has 0 amide bonds. The first-order valence-corrected chi connectivity index (χ1v) is 5.35. The molecule has 1 unspecified atom stereocenters. The predicted octanol–water partition coefficient (Wildman–Crippen LogP) is 0.421. The maximum absolute atomic E-state index is 8.90. The summed E-state index contributed by atoms with van der Waals surface area (Å²) in [4.78, 5) is 0. The zero-order chi connectivity index (χ0) is 11.1. The maximum atomic E-state index is 8.90. The number of hydrogen-bond acceptors (Lipinski definition) is 5. The van der Waals surface area contributed by atoms with Crippen LogP contribution in [0, 0.1) is 5.92 Å². The Morgan fingerprint density at radius 3 is 2.80 bits per heavy atom. The SMILES string of the molecule is CCCC(CCO)CNc1nnnn1C. The van der Waals surface area contributed by atoms with E-state index in [0.29, 0.717) is 11.9 Å². The van der Waals surface area contributed by atoms with Gasteiger partial charge in [0.2, 0.25) is 5.95 Å². The first-order valence-electron chi connectivity index (χ1n) is 5.35. The van der Waals surface area contributed by atoms with Crippen LogP contribution in [-0.2, 0) is 7.05 Å². The number of nitrogens with one attached hydrogen (secondary N) is 1. The fourth-order valence-corrected chi connectivity index (χ4v) is 1.55. The first-order chi connectivity index (χ1) is 7.27. The number of aryl methyl sites for hydroxylation is 1. The second-order valence-corrected chi connectivity index (χ2v) is 3.67. The Balaban J connectivity index is 2.36. The molecule has 86 valence electrons. The van der Waals surface area contributed by atoms with Gasteiger partial charge in [-0.15, -0.1) is 0 Å². The van der Waals surface area contributed by atoms with Crippen LogP contribution in [0.1, 0.15) is 26.2 Å². The van der Waals surface area contributed by atoms with Gasteiger partial charge in [-0.25, -0.2) is 4.68 Å². The summed E-state index contributed by atoms with van der Waals surface area (Å²) >= 11 is 0. The molecule has 0 aromatic carbocycles. The molecule has 0 spiro atoms. The lowest BCUT2D eigenvalue weighted by Crippen LogP contribution is -2.17. The van der Waals surface area contributed by atoms with Crippen LogP contribution in [0.4, 0.5) is 5.95 Å². The third kappa shape index (κ3) is 3.83. The van der Waals surface area contributed by atoms with Crippen LogP contribution in [0.3, 0.4) is 0 Å². The molecule has 15 heavy (non-hydrogen) atoms. The number of tetrazole rings is 1. The van der Waals surface area contributed by atoms with Gasteiger partial charge in [0.1, 0.15) is 0 Å². The Morgan fingerprint density at radius 2 is 2.27 bits per heavy atom. The van der Waals surface area contributed by atoms with Crippen molar-refractivity contribution in [2.24, 2.45) is 13.0 Å². The summed E-state index contributed by atoms with van der Waals surface area (Å²) < 4.78 is 1.60. The monoisotopic (exact) mass is 213 g/mol. The van der Waals surface area contributed by atoms with Gasteiger partial charge in [0, 0.05) is 20.2 Å². The third-order valence-corrected chi connectivity index (χ3v) is 2.40. The van der Waals surface area contributed by atoms with Gasteiger partial charge in [0.25, 0.3) is 0 Å². The van der Waals surface area contributed by atoms with E-state index in [-0.39, 0.29) is 6.61 Å². The highest BCUT2D eigenvalue weighted by atomic mass is 16.3. The van der Waals surface area contributed by atoms with Crippen LogP contribution in [0.15, 0.2) is 0 Å². The topological polar surface area (TPSA) is 75.9 Å². The van der Waals surface area contributed by atoms with E-state index in [9.17, 15) is 0 Å². The van der Waals surface area contributed by atoms with Crippen molar-refractivity contribution in [2.75, 3.05) is 18.5 Å². The van der Waals surface area contributed by atoms with Gasteiger partial charge in [-0.2, -0.15) is 0 Å². The Labute approximate surface area is 89.7 Å². The highest BCUT2D eigenvalue weighted by Crippen LogP contribution is 2.11. The van der Waals surface area contributed by atoms with Crippen LogP contribution in [0.25, 0.3) is 0 Å². The van der Waals surface area contributed by atoms with Gasteiger partial charge in [0.05, 0.1) is 0 Å². The van der Waals surface area contributed by atoms with E-state index in [1.165, 1.54) is 0 Å². The molecule has 0 fully saturated rings. The lowest BCUT2D eigenvalue weighted by Gasteiger charge is -2.15. The number of aliphatic hydroxyl groups excluding tert-OH is 1. The van der Waals surface area contributed by atoms with Crippen LogP contribution < -0.4 is 5.32 Å². The van der Waals surface area contributed by atoms with Crippen molar-refractivity contribution >= 4 is 5.95 Å². The van der Waals surface area contributed by atoms with Gasteiger partial charge in [-0.1, -0.05) is 18.4 Å². The zero-order valence-electron chi connectivity index (χ0n) is 9.35. The third-order valence-electron chi connectivity index (χ3n) is 2.40. The maximum Gasteiger partial charge on any atom is 0.242 e. The molecule has 2 N–H and O–H groups in total. The van der Waals surface area contributed by atoms with Gasteiger partial charge in [0.15, 0.2) is 0 Å². The smallest absolute Gasteiger partial charge is 0.242 e. The molecule has 0 radical (unpaired) electrons. The minimum Gasteiger partial charge on any atom is -0.396 e. The van der Waals surface area contributed by atoms with Crippen molar-refractivity contribution in [1.29, 1.82) is 0 Å². The molecule has 0 bridgehead atoms. The summed E-state index contributed by atoms with van der Waals surface area (Å²) in [5, 5.41) is 23.2. The van der Waals surface area contributed by atoms with E-state index < -0.39 is 0 Å². The molecule has 1 heterocycles. The van der Waals surface area contributed by atoms with Crippen molar-refractivity contribution in [3.63, 3.8) is 0 Å². The van der Waals surface area contributed by atoms with Crippen molar-refractivity contribution in [3.05, 3.63) is 0 Å². The number of aliphatic hydroxyl groups is 1. The molecule has 6 heteroatoms. The summed E-state index contributed by atoms with van der Waals surface area (Å²) in [6, 6.07) is 0. The van der Waals surface area contributed by atoms with E-state index in [0.717, 1.165) is 25.8 Å². The lowest BCUT2D eigenvalue weighted by molar-refractivity contribution is 0.255. The Bertz CT molecular complexity index is 269. The minimum atomic E-state index is 0.239. The van der Waals surface area contributed by atoms with E-state index in [2.05, 4.69) is 27.8 Å². The molecule has 6 nitrogen and oxygen atoms in total. The highest BCUT2D eigenvalue weighted by molar-refractivity contribution is 5.20. The predicted molar refractivity (Wildman–Crippen MR) is 57.4 cm³/mol. The Morgan fingerprint density at radius 1 is 1.47 bits per heavy atom. The second-order valence-electron chi connectivity index (χ2n) is 3.67. The second kappa shape index (κ2) is 6.34. The molecule has 1 rings (SSSR count). The number of nitrogens with zero attached hydrogens (tertiary/aromatic N) is 4. The number of anilines is 1. The largest absolute Gasteiger partial charge is 0.396 e. The average Bonchev–Trinajstić information content (AvgIpc) is 2.61. The van der Waals surface area contributed by atoms with Gasteiger partial charge in [-0.3, -0.25) is 0 Å². The van der Waals surface area contributed by atoms with E-state index >= 15 is 0 Å². The van der Waals surface area contributed by atoms with E-state index in [1.54, 1.807) is 11.7 Å². The zero-order valence-corrected chi connectivity index (χ0v) is 9.35. The molecule has 0 aliphatic carbocycles. The molecule has 0 aliphatic rings. The van der Waals surface area contributed by atoms with Crippen LogP contribution >= 0.6 is 0 Å². The standard InChI is InChI=1S/C9H19N5O/c1-3-4-8(5-6-15)7-10-9-11-12-13-14(9)2/h8,15H,3-7H2,1-2H3,(H,10,11,13). The van der Waals surface area contributed by atoms with Crippen molar-refractivity contribution in [2.45, 2.75) is 26.2 Å². The van der Waals surface area contributed by atoms with Crippen molar-refractivity contribution < 1.29 is 5.11 Å². The quantitative estimate of drug-likeness (QED) is 0.686. The number of hydrogen-bond donors (Lipinski definition) is 2. The van der Waals surface area contributed by atoms with Crippen LogP contribution in [0.5, 0.6) is 0 Å². The van der Waals surface area contributed by atoms with Crippen molar-refractivity contribution in [3.8, 4) is 0 Å². The summed E-state index contributed by atoms with van der Waals surface area (Å²) in [6.45, 7) is 3.19. The Hall–Kier alpha value is -1.17. The first kappa shape index (κ1) is 11.9. The lowest BCUT2D eigenvalue weighted by atomic mass is 10.0. The normalized spacial score (nSPS) is 12.7. The molecule has 1 aromatic rings. The number of rotatable bonds is 7. The molecular weight excluding hydrogens is 194 g/mol.